The molecule has 1 amide bonds. The highest BCUT2D eigenvalue weighted by atomic mass is 16.5. The first kappa shape index (κ1) is 12.6. The molecule has 0 spiro atoms. The summed E-state index contributed by atoms with van der Waals surface area (Å²) in [6.45, 7) is 3.31. The number of carbonyl (C=O) groups is 1. The maximum absolute atomic E-state index is 11.9. The molecule has 4 nitrogen and oxygen atoms in total. The van der Waals surface area contributed by atoms with E-state index in [2.05, 4.69) is 5.32 Å². The third-order valence-electron chi connectivity index (χ3n) is 2.94. The van der Waals surface area contributed by atoms with E-state index in [1.807, 2.05) is 35.2 Å². The minimum Gasteiger partial charge on any atom is -0.497 e. The molecule has 2 rings (SSSR count). The Hall–Kier alpha value is -1.81. The summed E-state index contributed by atoms with van der Waals surface area (Å²) < 4.78 is 5.14. The molecule has 1 aliphatic heterocycles. The van der Waals surface area contributed by atoms with Gasteiger partial charge in [-0.3, -0.25) is 4.79 Å². The number of carbonyl (C=O) groups excluding carboxylic acids is 1. The van der Waals surface area contributed by atoms with E-state index >= 15 is 0 Å². The lowest BCUT2D eigenvalue weighted by Crippen LogP contribution is -2.45. The van der Waals surface area contributed by atoms with Gasteiger partial charge in [-0.15, -0.1) is 0 Å². The topological polar surface area (TPSA) is 41.6 Å². The monoisotopic (exact) mass is 246 g/mol. The second kappa shape index (κ2) is 6.21. The van der Waals surface area contributed by atoms with Crippen LogP contribution >= 0.6 is 0 Å². The molecule has 1 aromatic carbocycles. The molecule has 0 aromatic heterocycles. The normalized spacial score (nSPS) is 15.9. The molecule has 4 heteroatoms. The summed E-state index contributed by atoms with van der Waals surface area (Å²) in [5.74, 6) is 0.867. The van der Waals surface area contributed by atoms with Crippen molar-refractivity contribution in [2.24, 2.45) is 0 Å². The van der Waals surface area contributed by atoms with Crippen molar-refractivity contribution in [2.45, 2.75) is 0 Å². The van der Waals surface area contributed by atoms with Crippen molar-refractivity contribution in [3.8, 4) is 5.75 Å². The first-order chi connectivity index (χ1) is 8.79. The van der Waals surface area contributed by atoms with Crippen LogP contribution in [0.1, 0.15) is 5.56 Å². The number of methoxy groups -OCH3 is 1. The van der Waals surface area contributed by atoms with Gasteiger partial charge in [-0.2, -0.15) is 0 Å². The van der Waals surface area contributed by atoms with Crippen LogP contribution in [0.15, 0.2) is 30.3 Å². The van der Waals surface area contributed by atoms with E-state index in [9.17, 15) is 4.79 Å². The minimum absolute atomic E-state index is 0.0688. The number of nitrogens with zero attached hydrogens (tertiary/aromatic N) is 1. The minimum atomic E-state index is 0.0688. The molecule has 96 valence electrons. The molecule has 0 bridgehead atoms. The molecule has 0 saturated carbocycles. The number of nitrogens with one attached hydrogen (secondary N) is 1. The van der Waals surface area contributed by atoms with Gasteiger partial charge < -0.3 is 15.0 Å². The van der Waals surface area contributed by atoms with Crippen molar-refractivity contribution in [3.05, 3.63) is 35.9 Å². The van der Waals surface area contributed by atoms with Gasteiger partial charge in [-0.25, -0.2) is 0 Å². The van der Waals surface area contributed by atoms with Gasteiger partial charge in [0, 0.05) is 32.3 Å². The first-order valence-corrected chi connectivity index (χ1v) is 6.11. The fourth-order valence-corrected chi connectivity index (χ4v) is 1.90. The van der Waals surface area contributed by atoms with Crippen LogP contribution in [-0.2, 0) is 4.79 Å². The van der Waals surface area contributed by atoms with E-state index in [4.69, 9.17) is 4.74 Å². The number of rotatable bonds is 3. The quantitative estimate of drug-likeness (QED) is 0.813. The van der Waals surface area contributed by atoms with Gasteiger partial charge in [-0.05, 0) is 23.8 Å². The molecule has 0 radical (unpaired) electrons. The van der Waals surface area contributed by atoms with Crippen molar-refractivity contribution in [1.82, 2.24) is 10.2 Å². The molecule has 1 aliphatic rings. The highest BCUT2D eigenvalue weighted by Gasteiger charge is 2.12. The fourth-order valence-electron chi connectivity index (χ4n) is 1.90. The zero-order valence-corrected chi connectivity index (χ0v) is 10.6. The van der Waals surface area contributed by atoms with Gasteiger partial charge in [0.2, 0.25) is 5.91 Å². The average Bonchev–Trinajstić information content (AvgIpc) is 2.46. The molecule has 0 unspecified atom stereocenters. The Morgan fingerprint density at radius 2 is 2.17 bits per heavy atom. The second-order valence-corrected chi connectivity index (χ2v) is 4.19. The lowest BCUT2D eigenvalue weighted by atomic mass is 10.2. The van der Waals surface area contributed by atoms with Crippen molar-refractivity contribution in [3.63, 3.8) is 0 Å². The van der Waals surface area contributed by atoms with Crippen LogP contribution in [-0.4, -0.2) is 44.1 Å². The highest BCUT2D eigenvalue weighted by molar-refractivity contribution is 5.91. The predicted molar refractivity (Wildman–Crippen MR) is 71.5 cm³/mol. The van der Waals surface area contributed by atoms with Crippen LogP contribution in [0.4, 0.5) is 0 Å². The summed E-state index contributed by atoms with van der Waals surface area (Å²) in [6, 6.07) is 7.65. The van der Waals surface area contributed by atoms with Crippen LogP contribution in [0.3, 0.4) is 0 Å². The van der Waals surface area contributed by atoms with Gasteiger partial charge in [-0.1, -0.05) is 12.1 Å². The second-order valence-electron chi connectivity index (χ2n) is 4.19. The molecule has 0 atom stereocenters. The largest absolute Gasteiger partial charge is 0.497 e. The summed E-state index contributed by atoms with van der Waals surface area (Å²) in [5.41, 5.74) is 0.970. The third-order valence-corrected chi connectivity index (χ3v) is 2.94. The Morgan fingerprint density at radius 3 is 2.89 bits per heavy atom. The number of piperazine rings is 1. The van der Waals surface area contributed by atoms with Crippen molar-refractivity contribution >= 4 is 12.0 Å². The van der Waals surface area contributed by atoms with Gasteiger partial charge >= 0.3 is 0 Å². The van der Waals surface area contributed by atoms with Crippen LogP contribution in [0.25, 0.3) is 6.08 Å². The van der Waals surface area contributed by atoms with Gasteiger partial charge in [0.15, 0.2) is 0 Å². The van der Waals surface area contributed by atoms with Crippen LogP contribution in [0.5, 0.6) is 5.75 Å². The predicted octanol–water partition coefficient (Wildman–Crippen LogP) is 1.14. The highest BCUT2D eigenvalue weighted by Crippen LogP contribution is 2.13. The lowest BCUT2D eigenvalue weighted by molar-refractivity contribution is -0.126. The first-order valence-electron chi connectivity index (χ1n) is 6.11. The van der Waals surface area contributed by atoms with Gasteiger partial charge in [0.25, 0.3) is 0 Å². The van der Waals surface area contributed by atoms with E-state index < -0.39 is 0 Å². The smallest absolute Gasteiger partial charge is 0.246 e. The number of hydrogen-bond donors (Lipinski definition) is 1. The fraction of sp³-hybridized carbons (Fsp3) is 0.357. The summed E-state index contributed by atoms with van der Waals surface area (Å²) in [6.07, 6.45) is 3.45. The Bertz CT molecular complexity index is 437. The summed E-state index contributed by atoms with van der Waals surface area (Å²) in [7, 11) is 1.63. The zero-order chi connectivity index (χ0) is 12.8. The maximum atomic E-state index is 11.9. The van der Waals surface area contributed by atoms with E-state index in [0.29, 0.717) is 0 Å². The van der Waals surface area contributed by atoms with Crippen LogP contribution < -0.4 is 10.1 Å². The Morgan fingerprint density at radius 1 is 1.39 bits per heavy atom. The number of amides is 1. The zero-order valence-electron chi connectivity index (χ0n) is 10.6. The molecule has 1 heterocycles. The Labute approximate surface area is 107 Å². The third kappa shape index (κ3) is 3.34. The molecular formula is C14H18N2O2. The molecule has 1 fully saturated rings. The summed E-state index contributed by atoms with van der Waals surface area (Å²) in [4.78, 5) is 13.8. The maximum Gasteiger partial charge on any atom is 0.246 e. The Kier molecular flexibility index (Phi) is 4.36. The van der Waals surface area contributed by atoms with Crippen LogP contribution in [0.2, 0.25) is 0 Å². The summed E-state index contributed by atoms with van der Waals surface area (Å²) >= 11 is 0. The molecule has 1 N–H and O–H groups in total. The van der Waals surface area contributed by atoms with Gasteiger partial charge in [0.1, 0.15) is 5.75 Å². The van der Waals surface area contributed by atoms with E-state index in [1.165, 1.54) is 0 Å². The lowest BCUT2D eigenvalue weighted by Gasteiger charge is -2.26. The van der Waals surface area contributed by atoms with Gasteiger partial charge in [0.05, 0.1) is 7.11 Å². The van der Waals surface area contributed by atoms with Crippen molar-refractivity contribution in [1.29, 1.82) is 0 Å². The van der Waals surface area contributed by atoms with Crippen molar-refractivity contribution in [2.75, 3.05) is 33.3 Å². The van der Waals surface area contributed by atoms with E-state index in [1.54, 1.807) is 13.2 Å². The van der Waals surface area contributed by atoms with Crippen LogP contribution in [0, 0.1) is 0 Å². The number of benzene rings is 1. The van der Waals surface area contributed by atoms with Crippen molar-refractivity contribution < 1.29 is 9.53 Å². The molecular weight excluding hydrogens is 228 g/mol. The molecule has 1 aromatic rings. The standard InChI is InChI=1S/C14H18N2O2/c1-18-13-4-2-3-12(11-13)5-6-14(17)16-9-7-15-8-10-16/h2-6,11,15H,7-10H2,1H3/b6-5+. The number of hydrogen-bond acceptors (Lipinski definition) is 3. The molecule has 1 saturated heterocycles. The molecule has 0 aliphatic carbocycles. The molecule has 18 heavy (non-hydrogen) atoms. The number of ether oxygens (including phenoxy) is 1. The SMILES string of the molecule is COc1cccc(/C=C/C(=O)N2CCNCC2)c1. The van der Waals surface area contributed by atoms with E-state index in [-0.39, 0.29) is 5.91 Å². The summed E-state index contributed by atoms with van der Waals surface area (Å²) in [5, 5.41) is 3.22. The Balaban J connectivity index is 1.98. The van der Waals surface area contributed by atoms with E-state index in [0.717, 1.165) is 37.5 Å². The average molecular weight is 246 g/mol.